The summed E-state index contributed by atoms with van der Waals surface area (Å²) in [6.45, 7) is 0.0725. The van der Waals surface area contributed by atoms with E-state index < -0.39 is 11.6 Å². The number of halogens is 3. The van der Waals surface area contributed by atoms with E-state index in [0.29, 0.717) is 10.6 Å². The van der Waals surface area contributed by atoms with Gasteiger partial charge in [-0.2, -0.15) is 0 Å². The Labute approximate surface area is 119 Å². The number of phenolic OH excluding ortho intramolecular Hbond substituents is 1. The summed E-state index contributed by atoms with van der Waals surface area (Å²) in [4.78, 5) is 0. The summed E-state index contributed by atoms with van der Waals surface area (Å²) < 4.78 is 31.5. The van der Waals surface area contributed by atoms with Crippen molar-refractivity contribution in [3.63, 3.8) is 0 Å². The average molecular weight is 300 g/mol. The molecule has 2 aromatic carbocycles. The standard InChI is InChI=1S/C14H12ClF2NO2/c1-20-12-6-9(15)5-8(14(12)19)7-18-11-4-2-3-10(16)13(11)17/h2-6,18-19H,7H2,1H3. The van der Waals surface area contributed by atoms with Crippen molar-refractivity contribution in [1.82, 2.24) is 0 Å². The van der Waals surface area contributed by atoms with Gasteiger partial charge in [0.05, 0.1) is 12.8 Å². The van der Waals surface area contributed by atoms with E-state index in [1.54, 1.807) is 0 Å². The molecule has 2 aromatic rings. The molecule has 0 saturated carbocycles. The summed E-state index contributed by atoms with van der Waals surface area (Å²) in [5.74, 6) is -1.79. The number of hydrogen-bond donors (Lipinski definition) is 2. The molecule has 0 amide bonds. The summed E-state index contributed by atoms with van der Waals surface area (Å²) in [6.07, 6.45) is 0. The zero-order valence-electron chi connectivity index (χ0n) is 10.6. The molecule has 0 aliphatic heterocycles. The Morgan fingerprint density at radius 2 is 2.05 bits per heavy atom. The third kappa shape index (κ3) is 2.93. The second-order valence-corrected chi connectivity index (χ2v) is 4.51. The molecule has 0 aromatic heterocycles. The van der Waals surface area contributed by atoms with Crippen molar-refractivity contribution >= 4 is 17.3 Å². The molecule has 0 heterocycles. The van der Waals surface area contributed by atoms with Crippen molar-refractivity contribution in [2.24, 2.45) is 0 Å². The van der Waals surface area contributed by atoms with E-state index in [4.69, 9.17) is 16.3 Å². The van der Waals surface area contributed by atoms with E-state index in [1.165, 1.54) is 31.4 Å². The van der Waals surface area contributed by atoms with Crippen molar-refractivity contribution in [2.45, 2.75) is 6.54 Å². The van der Waals surface area contributed by atoms with Gasteiger partial charge < -0.3 is 15.2 Å². The molecule has 106 valence electrons. The maximum absolute atomic E-state index is 13.5. The number of rotatable bonds is 4. The largest absolute Gasteiger partial charge is 0.504 e. The quantitative estimate of drug-likeness (QED) is 0.898. The third-order valence-electron chi connectivity index (χ3n) is 2.76. The fourth-order valence-corrected chi connectivity index (χ4v) is 1.98. The second-order valence-electron chi connectivity index (χ2n) is 4.07. The minimum atomic E-state index is -0.971. The van der Waals surface area contributed by atoms with Crippen LogP contribution in [-0.4, -0.2) is 12.2 Å². The lowest BCUT2D eigenvalue weighted by molar-refractivity contribution is 0.371. The van der Waals surface area contributed by atoms with Gasteiger partial charge in [0.1, 0.15) is 0 Å². The molecule has 0 aliphatic carbocycles. The highest BCUT2D eigenvalue weighted by Gasteiger charge is 2.12. The smallest absolute Gasteiger partial charge is 0.181 e. The zero-order chi connectivity index (χ0) is 14.7. The van der Waals surface area contributed by atoms with Gasteiger partial charge in [0, 0.05) is 23.2 Å². The number of aromatic hydroxyl groups is 1. The number of phenols is 1. The molecule has 0 fully saturated rings. The van der Waals surface area contributed by atoms with Gasteiger partial charge in [0.2, 0.25) is 0 Å². The van der Waals surface area contributed by atoms with Gasteiger partial charge in [-0.25, -0.2) is 8.78 Å². The highest BCUT2D eigenvalue weighted by molar-refractivity contribution is 6.30. The van der Waals surface area contributed by atoms with Crippen molar-refractivity contribution in [3.05, 3.63) is 52.6 Å². The van der Waals surface area contributed by atoms with Crippen LogP contribution in [0.4, 0.5) is 14.5 Å². The Kier molecular flexibility index (Phi) is 4.29. The summed E-state index contributed by atoms with van der Waals surface area (Å²) in [6, 6.07) is 6.80. The molecular weight excluding hydrogens is 288 g/mol. The van der Waals surface area contributed by atoms with E-state index in [2.05, 4.69) is 5.32 Å². The minimum Gasteiger partial charge on any atom is -0.504 e. The Balaban J connectivity index is 2.23. The Hall–Kier alpha value is -2.01. The van der Waals surface area contributed by atoms with E-state index in [1.807, 2.05) is 0 Å². The number of ether oxygens (including phenoxy) is 1. The van der Waals surface area contributed by atoms with Crippen molar-refractivity contribution in [2.75, 3.05) is 12.4 Å². The average Bonchev–Trinajstić information content (AvgIpc) is 2.43. The maximum Gasteiger partial charge on any atom is 0.181 e. The summed E-state index contributed by atoms with van der Waals surface area (Å²) >= 11 is 5.89. The number of benzene rings is 2. The third-order valence-corrected chi connectivity index (χ3v) is 2.98. The van der Waals surface area contributed by atoms with Crippen LogP contribution in [-0.2, 0) is 6.54 Å². The number of anilines is 1. The lowest BCUT2D eigenvalue weighted by Gasteiger charge is -2.12. The van der Waals surface area contributed by atoms with Crippen LogP contribution in [0.5, 0.6) is 11.5 Å². The summed E-state index contributed by atoms with van der Waals surface area (Å²) in [5, 5.41) is 13.0. The first-order chi connectivity index (χ1) is 9.52. The van der Waals surface area contributed by atoms with Crippen LogP contribution in [0.15, 0.2) is 30.3 Å². The molecular formula is C14H12ClF2NO2. The zero-order valence-corrected chi connectivity index (χ0v) is 11.3. The monoisotopic (exact) mass is 299 g/mol. The molecule has 0 radical (unpaired) electrons. The van der Waals surface area contributed by atoms with Crippen LogP contribution >= 0.6 is 11.6 Å². The van der Waals surface area contributed by atoms with Crippen LogP contribution in [0.2, 0.25) is 5.02 Å². The Morgan fingerprint density at radius 3 is 2.75 bits per heavy atom. The van der Waals surface area contributed by atoms with Crippen molar-refractivity contribution in [1.29, 1.82) is 0 Å². The first-order valence-corrected chi connectivity index (χ1v) is 6.14. The van der Waals surface area contributed by atoms with Crippen LogP contribution in [0, 0.1) is 11.6 Å². The normalized spacial score (nSPS) is 10.4. The fraction of sp³-hybridized carbons (Fsp3) is 0.143. The topological polar surface area (TPSA) is 41.5 Å². The SMILES string of the molecule is COc1cc(Cl)cc(CNc2cccc(F)c2F)c1O. The molecule has 0 spiro atoms. The van der Waals surface area contributed by atoms with Gasteiger partial charge in [-0.1, -0.05) is 17.7 Å². The predicted molar refractivity (Wildman–Crippen MR) is 73.4 cm³/mol. The lowest BCUT2D eigenvalue weighted by Crippen LogP contribution is -2.03. The molecule has 20 heavy (non-hydrogen) atoms. The van der Waals surface area contributed by atoms with Crippen molar-refractivity contribution in [3.8, 4) is 11.5 Å². The molecule has 2 N–H and O–H groups in total. The van der Waals surface area contributed by atoms with Crippen molar-refractivity contribution < 1.29 is 18.6 Å². The van der Waals surface area contributed by atoms with Crippen LogP contribution in [0.1, 0.15) is 5.56 Å². The summed E-state index contributed by atoms with van der Waals surface area (Å²) in [7, 11) is 1.40. The summed E-state index contributed by atoms with van der Waals surface area (Å²) in [5.41, 5.74) is 0.418. The highest BCUT2D eigenvalue weighted by atomic mass is 35.5. The van der Waals surface area contributed by atoms with Gasteiger partial charge in [-0.05, 0) is 18.2 Å². The van der Waals surface area contributed by atoms with Gasteiger partial charge in [-0.15, -0.1) is 0 Å². The molecule has 0 saturated heterocycles. The molecule has 0 unspecified atom stereocenters. The van der Waals surface area contributed by atoms with Gasteiger partial charge >= 0.3 is 0 Å². The molecule has 0 aliphatic rings. The first kappa shape index (κ1) is 14.4. The van der Waals surface area contributed by atoms with Crippen LogP contribution < -0.4 is 10.1 Å². The lowest BCUT2D eigenvalue weighted by atomic mass is 10.1. The molecule has 0 bridgehead atoms. The number of methoxy groups -OCH3 is 1. The van der Waals surface area contributed by atoms with Crippen LogP contribution in [0.3, 0.4) is 0 Å². The minimum absolute atomic E-state index is 0.00309. The van der Waals surface area contributed by atoms with E-state index in [-0.39, 0.29) is 23.7 Å². The van der Waals surface area contributed by atoms with E-state index in [9.17, 15) is 13.9 Å². The van der Waals surface area contributed by atoms with Gasteiger partial charge in [-0.3, -0.25) is 0 Å². The molecule has 2 rings (SSSR count). The van der Waals surface area contributed by atoms with Crippen LogP contribution in [0.25, 0.3) is 0 Å². The molecule has 6 heteroatoms. The van der Waals surface area contributed by atoms with E-state index >= 15 is 0 Å². The Morgan fingerprint density at radius 1 is 1.30 bits per heavy atom. The highest BCUT2D eigenvalue weighted by Crippen LogP contribution is 2.34. The first-order valence-electron chi connectivity index (χ1n) is 5.76. The number of nitrogens with one attached hydrogen (secondary N) is 1. The molecule has 0 atom stereocenters. The Bertz CT molecular complexity index is 635. The van der Waals surface area contributed by atoms with Gasteiger partial charge in [0.15, 0.2) is 23.1 Å². The number of hydrogen-bond acceptors (Lipinski definition) is 3. The van der Waals surface area contributed by atoms with Gasteiger partial charge in [0.25, 0.3) is 0 Å². The second kappa shape index (κ2) is 5.96. The predicted octanol–water partition coefficient (Wildman–Crippen LogP) is 3.94. The maximum atomic E-state index is 13.5. The fourth-order valence-electron chi connectivity index (χ4n) is 1.75. The molecule has 3 nitrogen and oxygen atoms in total. The van der Waals surface area contributed by atoms with E-state index in [0.717, 1.165) is 6.07 Å².